The fourth-order valence-electron chi connectivity index (χ4n) is 3.31. The van der Waals surface area contributed by atoms with Gasteiger partial charge in [0.05, 0.1) is 17.8 Å². The van der Waals surface area contributed by atoms with Crippen LogP contribution in [0.25, 0.3) is 11.1 Å². The van der Waals surface area contributed by atoms with E-state index in [0.717, 1.165) is 33.0 Å². The van der Waals surface area contributed by atoms with E-state index >= 15 is 0 Å². The quantitative estimate of drug-likeness (QED) is 0.467. The summed E-state index contributed by atoms with van der Waals surface area (Å²) in [6.07, 6.45) is 3.80. The van der Waals surface area contributed by atoms with Gasteiger partial charge in [-0.2, -0.15) is 0 Å². The van der Waals surface area contributed by atoms with Gasteiger partial charge in [0.2, 0.25) is 0 Å². The highest BCUT2D eigenvalue weighted by Gasteiger charge is 2.20. The van der Waals surface area contributed by atoms with Crippen molar-refractivity contribution in [3.63, 3.8) is 0 Å². The summed E-state index contributed by atoms with van der Waals surface area (Å²) in [5.74, 6) is 0.518. The Morgan fingerprint density at radius 3 is 2.52 bits per heavy atom. The summed E-state index contributed by atoms with van der Waals surface area (Å²) in [4.78, 5) is 19.3. The molecular weight excluding hydrogens is 404 g/mol. The standard InChI is InChI=1S/C23H23ClN2O2S/c1-14-7-6-8-20(28-4)22(14)26(3)23(27)16-9-10-19(24)17(12-16)18-13-25-21(29-5)11-15(18)2/h6-13H,1-5H3. The molecule has 0 spiro atoms. The Hall–Kier alpha value is -2.50. The second-order valence-electron chi connectivity index (χ2n) is 6.73. The Bertz CT molecular complexity index is 1070. The molecule has 0 saturated heterocycles. The fourth-order valence-corrected chi connectivity index (χ4v) is 3.98. The molecular formula is C23H23ClN2O2S. The molecule has 1 aromatic heterocycles. The SMILES string of the molecule is COc1cccc(C)c1N(C)C(=O)c1ccc(Cl)c(-c2cnc(SC)cc2C)c1. The van der Waals surface area contributed by atoms with Crippen molar-refractivity contribution < 1.29 is 9.53 Å². The maximum Gasteiger partial charge on any atom is 0.258 e. The first-order valence-corrected chi connectivity index (χ1v) is 10.7. The minimum Gasteiger partial charge on any atom is -0.495 e. The van der Waals surface area contributed by atoms with Gasteiger partial charge in [-0.1, -0.05) is 23.7 Å². The largest absolute Gasteiger partial charge is 0.495 e. The lowest BCUT2D eigenvalue weighted by atomic mass is 10.00. The van der Waals surface area contributed by atoms with Gasteiger partial charge in [-0.15, -0.1) is 11.8 Å². The summed E-state index contributed by atoms with van der Waals surface area (Å²) in [6, 6.07) is 13.1. The summed E-state index contributed by atoms with van der Waals surface area (Å²) < 4.78 is 5.46. The third kappa shape index (κ3) is 4.26. The molecule has 0 fully saturated rings. The predicted octanol–water partition coefficient (Wildman–Crippen LogP) is 6.03. The van der Waals surface area contributed by atoms with Gasteiger partial charge in [-0.25, -0.2) is 4.98 Å². The maximum atomic E-state index is 13.3. The molecule has 6 heteroatoms. The molecule has 0 N–H and O–H groups in total. The number of methoxy groups -OCH3 is 1. The van der Waals surface area contributed by atoms with Crippen LogP contribution in [0.3, 0.4) is 0 Å². The van der Waals surface area contributed by atoms with E-state index in [1.54, 1.807) is 43.0 Å². The van der Waals surface area contributed by atoms with E-state index in [0.29, 0.717) is 16.3 Å². The molecule has 0 aliphatic rings. The van der Waals surface area contributed by atoms with E-state index in [2.05, 4.69) is 4.98 Å². The van der Waals surface area contributed by atoms with Gasteiger partial charge in [-0.05, 0) is 61.6 Å². The molecule has 0 atom stereocenters. The van der Waals surface area contributed by atoms with Crippen molar-refractivity contribution in [1.82, 2.24) is 4.98 Å². The number of aryl methyl sites for hydroxylation is 2. The van der Waals surface area contributed by atoms with Crippen molar-refractivity contribution in [2.45, 2.75) is 18.9 Å². The summed E-state index contributed by atoms with van der Waals surface area (Å²) in [5.41, 5.74) is 5.02. The van der Waals surface area contributed by atoms with Crippen molar-refractivity contribution in [1.29, 1.82) is 0 Å². The van der Waals surface area contributed by atoms with E-state index in [9.17, 15) is 4.79 Å². The molecule has 2 aromatic carbocycles. The van der Waals surface area contributed by atoms with Gasteiger partial charge < -0.3 is 9.64 Å². The lowest BCUT2D eigenvalue weighted by Crippen LogP contribution is -2.27. The van der Waals surface area contributed by atoms with Gasteiger partial charge in [-0.3, -0.25) is 4.79 Å². The Labute approximate surface area is 180 Å². The summed E-state index contributed by atoms with van der Waals surface area (Å²) in [6.45, 7) is 3.98. The zero-order valence-electron chi connectivity index (χ0n) is 17.1. The molecule has 4 nitrogen and oxygen atoms in total. The molecule has 3 aromatic rings. The lowest BCUT2D eigenvalue weighted by Gasteiger charge is -2.22. The van der Waals surface area contributed by atoms with Crippen molar-refractivity contribution in [2.75, 3.05) is 25.3 Å². The van der Waals surface area contributed by atoms with Crippen LogP contribution in [-0.4, -0.2) is 31.3 Å². The van der Waals surface area contributed by atoms with Crippen LogP contribution in [0, 0.1) is 13.8 Å². The summed E-state index contributed by atoms with van der Waals surface area (Å²) >= 11 is 8.06. The number of thioether (sulfide) groups is 1. The van der Waals surface area contributed by atoms with E-state index in [-0.39, 0.29) is 5.91 Å². The van der Waals surface area contributed by atoms with Gasteiger partial charge in [0.15, 0.2) is 0 Å². The molecule has 150 valence electrons. The third-order valence-corrected chi connectivity index (χ3v) is 5.83. The Balaban J connectivity index is 2.03. The maximum absolute atomic E-state index is 13.3. The number of hydrogen-bond donors (Lipinski definition) is 0. The number of anilines is 1. The number of benzene rings is 2. The van der Waals surface area contributed by atoms with Crippen LogP contribution >= 0.6 is 23.4 Å². The highest BCUT2D eigenvalue weighted by Crippen LogP contribution is 2.35. The number of nitrogens with zero attached hydrogens (tertiary/aromatic N) is 2. The van der Waals surface area contributed by atoms with Crippen molar-refractivity contribution in [2.24, 2.45) is 0 Å². The van der Waals surface area contributed by atoms with Crippen LogP contribution in [0.2, 0.25) is 5.02 Å². The van der Waals surface area contributed by atoms with Crippen LogP contribution in [0.15, 0.2) is 53.7 Å². The Morgan fingerprint density at radius 2 is 1.86 bits per heavy atom. The smallest absolute Gasteiger partial charge is 0.258 e. The molecule has 0 radical (unpaired) electrons. The third-order valence-electron chi connectivity index (χ3n) is 4.86. The number of hydrogen-bond acceptors (Lipinski definition) is 4. The van der Waals surface area contributed by atoms with E-state index < -0.39 is 0 Å². The van der Waals surface area contributed by atoms with Crippen LogP contribution in [0.1, 0.15) is 21.5 Å². The second-order valence-corrected chi connectivity index (χ2v) is 7.96. The Kier molecular flexibility index (Phi) is 6.50. The normalized spacial score (nSPS) is 10.7. The van der Waals surface area contributed by atoms with E-state index in [1.165, 1.54) is 0 Å². The van der Waals surface area contributed by atoms with Gasteiger partial charge in [0.25, 0.3) is 5.91 Å². The number of carbonyl (C=O) groups is 1. The number of ether oxygens (including phenoxy) is 1. The molecule has 0 aliphatic carbocycles. The first-order chi connectivity index (χ1) is 13.9. The Morgan fingerprint density at radius 1 is 1.10 bits per heavy atom. The monoisotopic (exact) mass is 426 g/mol. The minimum atomic E-state index is -0.137. The molecule has 1 heterocycles. The number of carbonyl (C=O) groups excluding carboxylic acids is 1. The topological polar surface area (TPSA) is 42.4 Å². The average Bonchev–Trinajstić information content (AvgIpc) is 2.73. The van der Waals surface area contributed by atoms with Gasteiger partial charge in [0.1, 0.15) is 5.75 Å². The summed E-state index contributed by atoms with van der Waals surface area (Å²) in [5, 5.41) is 1.53. The predicted molar refractivity (Wildman–Crippen MR) is 122 cm³/mol. The first-order valence-electron chi connectivity index (χ1n) is 9.09. The molecule has 0 unspecified atom stereocenters. The average molecular weight is 427 g/mol. The first kappa shape index (κ1) is 21.2. The highest BCUT2D eigenvalue weighted by molar-refractivity contribution is 7.98. The van der Waals surface area contributed by atoms with Crippen molar-refractivity contribution in [3.05, 3.63) is 70.4 Å². The van der Waals surface area contributed by atoms with Crippen LogP contribution in [0.5, 0.6) is 5.75 Å². The molecule has 3 rings (SSSR count). The van der Waals surface area contributed by atoms with Gasteiger partial charge >= 0.3 is 0 Å². The lowest BCUT2D eigenvalue weighted by molar-refractivity contribution is 0.0992. The number of pyridine rings is 1. The van der Waals surface area contributed by atoms with Crippen LogP contribution in [-0.2, 0) is 0 Å². The van der Waals surface area contributed by atoms with E-state index in [1.807, 2.05) is 56.6 Å². The zero-order chi connectivity index (χ0) is 21.1. The second kappa shape index (κ2) is 8.89. The molecule has 0 bridgehead atoms. The van der Waals surface area contributed by atoms with Crippen molar-refractivity contribution in [3.8, 4) is 16.9 Å². The van der Waals surface area contributed by atoms with Crippen LogP contribution in [0.4, 0.5) is 5.69 Å². The van der Waals surface area contributed by atoms with Gasteiger partial charge in [0, 0.05) is 35.0 Å². The molecule has 0 aliphatic heterocycles. The van der Waals surface area contributed by atoms with Crippen LogP contribution < -0.4 is 9.64 Å². The number of halogens is 1. The highest BCUT2D eigenvalue weighted by atomic mass is 35.5. The fraction of sp³-hybridized carbons (Fsp3) is 0.217. The molecule has 29 heavy (non-hydrogen) atoms. The number of para-hydroxylation sites is 1. The van der Waals surface area contributed by atoms with Crippen molar-refractivity contribution >= 4 is 35.0 Å². The number of amides is 1. The van der Waals surface area contributed by atoms with E-state index in [4.69, 9.17) is 16.3 Å². The number of aromatic nitrogens is 1. The molecule has 0 saturated carbocycles. The number of rotatable bonds is 5. The molecule has 1 amide bonds. The minimum absolute atomic E-state index is 0.137. The zero-order valence-corrected chi connectivity index (χ0v) is 18.7. The summed E-state index contributed by atoms with van der Waals surface area (Å²) in [7, 11) is 3.35.